The van der Waals surface area contributed by atoms with E-state index in [1.165, 1.54) is 17.8 Å². The minimum absolute atomic E-state index is 0.0314. The molecule has 1 N–H and O–H groups in total. The summed E-state index contributed by atoms with van der Waals surface area (Å²) in [5.74, 6) is -0.374. The number of carbonyl (C=O) groups is 3. The summed E-state index contributed by atoms with van der Waals surface area (Å²) in [6.45, 7) is 3.36. The van der Waals surface area contributed by atoms with E-state index in [9.17, 15) is 14.4 Å². The van der Waals surface area contributed by atoms with Gasteiger partial charge in [-0.1, -0.05) is 18.3 Å². The van der Waals surface area contributed by atoms with Crippen LogP contribution in [-0.2, 0) is 16.0 Å². The van der Waals surface area contributed by atoms with Crippen molar-refractivity contribution in [1.82, 2.24) is 9.88 Å². The third-order valence-electron chi connectivity index (χ3n) is 4.41. The fraction of sp³-hybridized carbons (Fsp3) is 0.625. The van der Waals surface area contributed by atoms with Crippen LogP contribution >= 0.6 is 11.3 Å². The molecule has 0 aromatic carbocycles. The third-order valence-corrected chi connectivity index (χ3v) is 5.46. The highest BCUT2D eigenvalue weighted by molar-refractivity contribution is 7.17. The number of nitrogens with one attached hydrogen (secondary N) is 1. The Bertz CT molecular complexity index is 635. The number of likely N-dealkylation sites (tertiary alicyclic amines) is 1. The molecule has 1 atom stereocenters. The summed E-state index contributed by atoms with van der Waals surface area (Å²) in [4.78, 5) is 43.3. The molecule has 124 valence electrons. The lowest BCUT2D eigenvalue weighted by molar-refractivity contribution is -0.136. The standard InChI is InChI=1S/C16H21N3O3S/c1-2-13(21)18-16-17-11-8-10(9-12(20)14(11)23-16)15(22)19-6-4-3-5-7-19/h10H,2-9H2,1H3,(H,17,18,21). The zero-order valence-corrected chi connectivity index (χ0v) is 14.1. The van der Waals surface area contributed by atoms with Crippen LogP contribution in [0.2, 0.25) is 0 Å². The maximum absolute atomic E-state index is 12.6. The summed E-state index contributed by atoms with van der Waals surface area (Å²) in [6, 6.07) is 0. The molecule has 1 aliphatic heterocycles. The zero-order valence-electron chi connectivity index (χ0n) is 13.3. The van der Waals surface area contributed by atoms with Gasteiger partial charge < -0.3 is 10.2 Å². The first-order chi connectivity index (χ1) is 11.1. The molecule has 1 aromatic heterocycles. The second-order valence-corrected chi connectivity index (χ2v) is 7.11. The van der Waals surface area contributed by atoms with Gasteiger partial charge in [-0.2, -0.15) is 0 Å². The van der Waals surface area contributed by atoms with Crippen molar-refractivity contribution in [3.8, 4) is 0 Å². The van der Waals surface area contributed by atoms with Crippen molar-refractivity contribution in [2.24, 2.45) is 5.92 Å². The molecular weight excluding hydrogens is 314 g/mol. The summed E-state index contributed by atoms with van der Waals surface area (Å²) in [5, 5.41) is 3.16. The lowest BCUT2D eigenvalue weighted by Crippen LogP contribution is -2.42. The Morgan fingerprint density at radius 3 is 2.70 bits per heavy atom. The molecule has 1 aromatic rings. The molecule has 7 heteroatoms. The Morgan fingerprint density at radius 2 is 2.00 bits per heavy atom. The zero-order chi connectivity index (χ0) is 16.4. The number of ketones is 1. The van der Waals surface area contributed by atoms with E-state index >= 15 is 0 Å². The van der Waals surface area contributed by atoms with E-state index in [-0.39, 0.29) is 29.9 Å². The maximum atomic E-state index is 12.6. The highest BCUT2D eigenvalue weighted by atomic mass is 32.1. The fourth-order valence-corrected chi connectivity index (χ4v) is 4.10. The minimum Gasteiger partial charge on any atom is -0.342 e. The Hall–Kier alpha value is -1.76. The highest BCUT2D eigenvalue weighted by Crippen LogP contribution is 2.33. The quantitative estimate of drug-likeness (QED) is 0.919. The largest absolute Gasteiger partial charge is 0.342 e. The lowest BCUT2D eigenvalue weighted by atomic mass is 9.88. The van der Waals surface area contributed by atoms with Gasteiger partial charge in [0.25, 0.3) is 0 Å². The Morgan fingerprint density at radius 1 is 1.26 bits per heavy atom. The van der Waals surface area contributed by atoms with Crippen LogP contribution < -0.4 is 5.32 Å². The number of carbonyl (C=O) groups excluding carboxylic acids is 3. The molecule has 1 aliphatic carbocycles. The second kappa shape index (κ2) is 6.78. The minimum atomic E-state index is -0.301. The number of piperidine rings is 1. The van der Waals surface area contributed by atoms with Gasteiger partial charge >= 0.3 is 0 Å². The molecule has 2 amide bonds. The predicted molar refractivity (Wildman–Crippen MR) is 87.6 cm³/mol. The molecule has 0 spiro atoms. The number of hydrogen-bond donors (Lipinski definition) is 1. The molecule has 2 aliphatic rings. The molecule has 23 heavy (non-hydrogen) atoms. The lowest BCUT2D eigenvalue weighted by Gasteiger charge is -2.31. The number of thiazole rings is 1. The van der Waals surface area contributed by atoms with Crippen molar-refractivity contribution in [2.75, 3.05) is 18.4 Å². The summed E-state index contributed by atoms with van der Waals surface area (Å²) in [5.41, 5.74) is 0.660. The van der Waals surface area contributed by atoms with Crippen molar-refractivity contribution in [2.45, 2.75) is 45.4 Å². The third kappa shape index (κ3) is 3.44. The monoisotopic (exact) mass is 335 g/mol. The van der Waals surface area contributed by atoms with E-state index in [0.717, 1.165) is 25.9 Å². The van der Waals surface area contributed by atoms with Crippen LogP contribution in [0.15, 0.2) is 0 Å². The average Bonchev–Trinajstić information content (AvgIpc) is 2.97. The molecular formula is C16H21N3O3S. The van der Waals surface area contributed by atoms with Crippen molar-refractivity contribution >= 4 is 34.1 Å². The van der Waals surface area contributed by atoms with Gasteiger partial charge in [-0.15, -0.1) is 0 Å². The first-order valence-electron chi connectivity index (χ1n) is 8.20. The Labute approximate surface area is 139 Å². The number of rotatable bonds is 3. The van der Waals surface area contributed by atoms with E-state index in [0.29, 0.717) is 28.5 Å². The van der Waals surface area contributed by atoms with Crippen LogP contribution in [0.3, 0.4) is 0 Å². The van der Waals surface area contributed by atoms with E-state index < -0.39 is 0 Å². The van der Waals surface area contributed by atoms with Crippen LogP contribution in [0.25, 0.3) is 0 Å². The van der Waals surface area contributed by atoms with E-state index in [4.69, 9.17) is 0 Å². The molecule has 1 fully saturated rings. The van der Waals surface area contributed by atoms with Crippen molar-refractivity contribution in [1.29, 1.82) is 0 Å². The molecule has 1 unspecified atom stereocenters. The Kier molecular flexibility index (Phi) is 4.75. The molecule has 6 nitrogen and oxygen atoms in total. The van der Waals surface area contributed by atoms with Gasteiger partial charge in [0.15, 0.2) is 10.9 Å². The molecule has 0 radical (unpaired) electrons. The number of nitrogens with zero attached hydrogens (tertiary/aromatic N) is 2. The number of anilines is 1. The number of Topliss-reactive ketones (excluding diaryl/α,β-unsaturated/α-hetero) is 1. The topological polar surface area (TPSA) is 79.4 Å². The molecule has 0 saturated carbocycles. The van der Waals surface area contributed by atoms with Gasteiger partial charge in [-0.05, 0) is 19.3 Å². The fourth-order valence-electron chi connectivity index (χ4n) is 3.14. The summed E-state index contributed by atoms with van der Waals surface area (Å²) >= 11 is 1.22. The van der Waals surface area contributed by atoms with Crippen LogP contribution in [0, 0.1) is 5.92 Å². The average molecular weight is 335 g/mol. The summed E-state index contributed by atoms with van der Waals surface area (Å²) in [7, 11) is 0. The van der Waals surface area contributed by atoms with Gasteiger partial charge in [0.05, 0.1) is 16.5 Å². The van der Waals surface area contributed by atoms with E-state index in [1.807, 2.05) is 4.90 Å². The predicted octanol–water partition coefficient (Wildman–Crippen LogP) is 2.25. The molecule has 3 rings (SSSR count). The first kappa shape index (κ1) is 16.1. The van der Waals surface area contributed by atoms with Crippen LogP contribution in [0.4, 0.5) is 5.13 Å². The normalized spacial score (nSPS) is 21.0. The smallest absolute Gasteiger partial charge is 0.226 e. The van der Waals surface area contributed by atoms with Crippen LogP contribution in [-0.4, -0.2) is 40.6 Å². The Balaban J connectivity index is 1.73. The number of hydrogen-bond acceptors (Lipinski definition) is 5. The van der Waals surface area contributed by atoms with Gasteiger partial charge in [-0.25, -0.2) is 4.98 Å². The SMILES string of the molecule is CCC(=O)Nc1nc2c(s1)C(=O)CC(C(=O)N1CCCCC1)C2. The second-order valence-electron chi connectivity index (χ2n) is 6.11. The van der Waals surface area contributed by atoms with Crippen LogP contribution in [0.5, 0.6) is 0 Å². The first-order valence-corrected chi connectivity index (χ1v) is 9.01. The number of amides is 2. The number of fused-ring (bicyclic) bond motifs is 1. The highest BCUT2D eigenvalue weighted by Gasteiger charge is 2.35. The van der Waals surface area contributed by atoms with Gasteiger partial charge in [0, 0.05) is 32.4 Å². The van der Waals surface area contributed by atoms with E-state index in [2.05, 4.69) is 10.3 Å². The van der Waals surface area contributed by atoms with E-state index in [1.54, 1.807) is 6.92 Å². The van der Waals surface area contributed by atoms with Crippen LogP contribution in [0.1, 0.15) is 54.4 Å². The van der Waals surface area contributed by atoms with Crippen molar-refractivity contribution < 1.29 is 14.4 Å². The van der Waals surface area contributed by atoms with Gasteiger partial charge in [0.1, 0.15) is 0 Å². The summed E-state index contributed by atoms with van der Waals surface area (Å²) in [6.07, 6.45) is 4.38. The number of aromatic nitrogens is 1. The van der Waals surface area contributed by atoms with Gasteiger partial charge in [0.2, 0.25) is 11.8 Å². The van der Waals surface area contributed by atoms with Crippen molar-refractivity contribution in [3.63, 3.8) is 0 Å². The molecule has 1 saturated heterocycles. The molecule has 2 heterocycles. The summed E-state index contributed by atoms with van der Waals surface area (Å²) < 4.78 is 0. The van der Waals surface area contributed by atoms with Crippen molar-refractivity contribution in [3.05, 3.63) is 10.6 Å². The molecule has 0 bridgehead atoms. The van der Waals surface area contributed by atoms with Gasteiger partial charge in [-0.3, -0.25) is 14.4 Å². The maximum Gasteiger partial charge on any atom is 0.226 e.